The number of ether oxygens (including phenoxy) is 1. The van der Waals surface area contributed by atoms with E-state index in [2.05, 4.69) is 37.8 Å². The summed E-state index contributed by atoms with van der Waals surface area (Å²) in [6, 6.07) is 7.35. The molecule has 106 valence electrons. The van der Waals surface area contributed by atoms with Crippen LogP contribution in [0.5, 0.6) is 5.75 Å². The van der Waals surface area contributed by atoms with Gasteiger partial charge in [-0.05, 0) is 38.7 Å². The van der Waals surface area contributed by atoms with Crippen LogP contribution in [0.25, 0.3) is 0 Å². The van der Waals surface area contributed by atoms with Crippen LogP contribution in [0.3, 0.4) is 0 Å². The number of hydrogen-bond acceptors (Lipinski definition) is 3. The van der Waals surface area contributed by atoms with Crippen LogP contribution in [-0.4, -0.2) is 18.7 Å². The van der Waals surface area contributed by atoms with Crippen LogP contribution < -0.4 is 15.4 Å². The Kier molecular flexibility index (Phi) is 4.56. The second-order valence-electron chi connectivity index (χ2n) is 5.50. The quantitative estimate of drug-likeness (QED) is 0.820. The van der Waals surface area contributed by atoms with Crippen LogP contribution in [0.2, 0.25) is 0 Å². The van der Waals surface area contributed by atoms with E-state index in [-0.39, 0.29) is 0 Å². The normalized spacial score (nSPS) is 22.8. The lowest BCUT2D eigenvalue weighted by atomic mass is 10.1. The summed E-state index contributed by atoms with van der Waals surface area (Å²) >= 11 is 0. The number of rotatable bonds is 5. The van der Waals surface area contributed by atoms with Gasteiger partial charge >= 0.3 is 0 Å². The summed E-state index contributed by atoms with van der Waals surface area (Å²) in [7, 11) is 0. The number of nitrogens with two attached hydrogens (primary N) is 1. The Balaban J connectivity index is 2.25. The first-order chi connectivity index (χ1) is 9.15. The molecule has 2 N–H and O–H groups in total. The van der Waals surface area contributed by atoms with E-state index >= 15 is 0 Å². The van der Waals surface area contributed by atoms with Gasteiger partial charge in [0.1, 0.15) is 5.75 Å². The molecule has 19 heavy (non-hydrogen) atoms. The van der Waals surface area contributed by atoms with E-state index in [9.17, 15) is 0 Å². The van der Waals surface area contributed by atoms with Crippen molar-refractivity contribution in [1.82, 2.24) is 0 Å². The minimum Gasteiger partial charge on any atom is -0.493 e. The molecule has 0 aromatic heterocycles. The molecular formula is C16H26N2O. The van der Waals surface area contributed by atoms with Crippen molar-refractivity contribution in [2.24, 2.45) is 0 Å². The summed E-state index contributed by atoms with van der Waals surface area (Å²) in [4.78, 5) is 2.51. The topological polar surface area (TPSA) is 38.5 Å². The smallest absolute Gasteiger partial charge is 0.123 e. The molecule has 3 heteroatoms. The summed E-state index contributed by atoms with van der Waals surface area (Å²) in [5, 5.41) is 0. The molecule has 2 atom stereocenters. The first-order valence-corrected chi connectivity index (χ1v) is 7.47. The highest BCUT2D eigenvalue weighted by Gasteiger charge is 2.29. The molecule has 0 aliphatic carbocycles. The molecule has 0 radical (unpaired) electrons. The number of anilines is 2. The monoisotopic (exact) mass is 262 g/mol. The average molecular weight is 262 g/mol. The van der Waals surface area contributed by atoms with Crippen LogP contribution in [0, 0.1) is 0 Å². The molecule has 3 nitrogen and oxygen atoms in total. The van der Waals surface area contributed by atoms with Crippen LogP contribution in [0.1, 0.15) is 46.5 Å². The van der Waals surface area contributed by atoms with E-state index in [1.54, 1.807) is 0 Å². The lowest BCUT2D eigenvalue weighted by molar-refractivity contribution is 0.317. The van der Waals surface area contributed by atoms with Gasteiger partial charge in [-0.2, -0.15) is 0 Å². The van der Waals surface area contributed by atoms with Crippen LogP contribution in [0.15, 0.2) is 18.2 Å². The van der Waals surface area contributed by atoms with Gasteiger partial charge in [-0.1, -0.05) is 13.8 Å². The predicted octanol–water partition coefficient (Wildman–Crippen LogP) is 3.82. The van der Waals surface area contributed by atoms with Crippen molar-refractivity contribution in [2.75, 3.05) is 17.2 Å². The van der Waals surface area contributed by atoms with Crippen molar-refractivity contribution < 1.29 is 4.74 Å². The maximum atomic E-state index is 6.02. The molecule has 1 aromatic carbocycles. The average Bonchev–Trinajstić information content (AvgIpc) is 2.77. The maximum absolute atomic E-state index is 6.02. The van der Waals surface area contributed by atoms with Crippen LogP contribution in [-0.2, 0) is 0 Å². The van der Waals surface area contributed by atoms with Gasteiger partial charge in [0.25, 0.3) is 0 Å². The Hall–Kier alpha value is -1.38. The highest BCUT2D eigenvalue weighted by atomic mass is 16.5. The molecule has 1 saturated heterocycles. The van der Waals surface area contributed by atoms with Gasteiger partial charge in [-0.15, -0.1) is 0 Å². The van der Waals surface area contributed by atoms with E-state index in [1.807, 2.05) is 6.07 Å². The van der Waals surface area contributed by atoms with Gasteiger partial charge in [-0.3, -0.25) is 0 Å². The molecule has 1 aliphatic heterocycles. The van der Waals surface area contributed by atoms with Crippen molar-refractivity contribution in [1.29, 1.82) is 0 Å². The first kappa shape index (κ1) is 14.0. The predicted molar refractivity (Wildman–Crippen MR) is 81.9 cm³/mol. The maximum Gasteiger partial charge on any atom is 0.123 e. The van der Waals surface area contributed by atoms with Crippen molar-refractivity contribution in [3.8, 4) is 5.75 Å². The highest BCUT2D eigenvalue weighted by Crippen LogP contribution is 2.35. The summed E-state index contributed by atoms with van der Waals surface area (Å²) in [5.74, 6) is 0.894. The summed E-state index contributed by atoms with van der Waals surface area (Å²) < 4.78 is 5.73. The molecule has 1 aromatic rings. The third-order valence-corrected chi connectivity index (χ3v) is 3.94. The number of nitrogen functional groups attached to an aromatic ring is 1. The lowest BCUT2D eigenvalue weighted by Crippen LogP contribution is -2.34. The van der Waals surface area contributed by atoms with E-state index in [4.69, 9.17) is 10.5 Å². The second kappa shape index (κ2) is 6.18. The van der Waals surface area contributed by atoms with Crippen molar-refractivity contribution in [2.45, 2.75) is 58.5 Å². The Morgan fingerprint density at radius 3 is 2.74 bits per heavy atom. The van der Waals surface area contributed by atoms with Gasteiger partial charge in [0, 0.05) is 35.6 Å². The zero-order chi connectivity index (χ0) is 13.8. The van der Waals surface area contributed by atoms with Gasteiger partial charge in [0.05, 0.1) is 6.61 Å². The molecule has 1 heterocycles. The summed E-state index contributed by atoms with van der Waals surface area (Å²) in [6.07, 6.45) is 4.74. The first-order valence-electron chi connectivity index (χ1n) is 7.47. The highest BCUT2D eigenvalue weighted by molar-refractivity contribution is 5.62. The van der Waals surface area contributed by atoms with E-state index in [1.165, 1.54) is 24.9 Å². The minimum atomic E-state index is 0.589. The second-order valence-corrected chi connectivity index (χ2v) is 5.50. The molecule has 1 fully saturated rings. The molecular weight excluding hydrogens is 236 g/mol. The van der Waals surface area contributed by atoms with Gasteiger partial charge in [0.2, 0.25) is 0 Å². The Morgan fingerprint density at radius 2 is 2.05 bits per heavy atom. The van der Waals surface area contributed by atoms with Crippen LogP contribution >= 0.6 is 0 Å². The Bertz CT molecular complexity index is 419. The molecule has 2 rings (SSSR count). The van der Waals surface area contributed by atoms with Crippen molar-refractivity contribution >= 4 is 11.4 Å². The molecule has 0 bridgehead atoms. The van der Waals surface area contributed by atoms with E-state index in [0.29, 0.717) is 12.1 Å². The SMILES string of the molecule is CCCOc1cc(N)cc(N2C(C)CCC2CC)c1. The minimum absolute atomic E-state index is 0.589. The fourth-order valence-corrected chi connectivity index (χ4v) is 3.00. The number of hydrogen-bond donors (Lipinski definition) is 1. The number of nitrogens with zero attached hydrogens (tertiary/aromatic N) is 1. The third-order valence-electron chi connectivity index (χ3n) is 3.94. The molecule has 1 aliphatic rings. The van der Waals surface area contributed by atoms with E-state index < -0.39 is 0 Å². The molecule has 0 amide bonds. The molecule has 2 unspecified atom stereocenters. The lowest BCUT2D eigenvalue weighted by Gasteiger charge is -2.31. The van der Waals surface area contributed by atoms with Gasteiger partial charge < -0.3 is 15.4 Å². The Labute approximate surface area is 116 Å². The Morgan fingerprint density at radius 1 is 1.26 bits per heavy atom. The van der Waals surface area contributed by atoms with Crippen LogP contribution in [0.4, 0.5) is 11.4 Å². The summed E-state index contributed by atoms with van der Waals surface area (Å²) in [5.41, 5.74) is 8.02. The van der Waals surface area contributed by atoms with E-state index in [0.717, 1.165) is 24.5 Å². The molecule has 0 saturated carbocycles. The molecule has 0 spiro atoms. The van der Waals surface area contributed by atoms with Gasteiger partial charge in [-0.25, -0.2) is 0 Å². The largest absolute Gasteiger partial charge is 0.493 e. The van der Waals surface area contributed by atoms with Crippen molar-refractivity contribution in [3.05, 3.63) is 18.2 Å². The third kappa shape index (κ3) is 3.14. The number of benzene rings is 1. The fraction of sp³-hybridized carbons (Fsp3) is 0.625. The zero-order valence-electron chi connectivity index (χ0n) is 12.4. The standard InChI is InChI=1S/C16H26N2O/c1-4-8-19-16-10-13(17)9-15(11-16)18-12(3)6-7-14(18)5-2/h9-12,14H,4-8,17H2,1-3H3. The van der Waals surface area contributed by atoms with Crippen molar-refractivity contribution in [3.63, 3.8) is 0 Å². The van der Waals surface area contributed by atoms with Gasteiger partial charge in [0.15, 0.2) is 0 Å². The fourth-order valence-electron chi connectivity index (χ4n) is 3.00. The summed E-state index contributed by atoms with van der Waals surface area (Å²) in [6.45, 7) is 7.42. The zero-order valence-corrected chi connectivity index (χ0v) is 12.4.